The number of hydrogen-bond acceptors (Lipinski definition) is 4. The maximum absolute atomic E-state index is 13.4. The summed E-state index contributed by atoms with van der Waals surface area (Å²) in [5.41, 5.74) is 3.21. The predicted octanol–water partition coefficient (Wildman–Crippen LogP) is 5.49. The molecule has 0 fully saturated rings. The second kappa shape index (κ2) is 13.5. The van der Waals surface area contributed by atoms with Gasteiger partial charge < -0.3 is 10.2 Å². The van der Waals surface area contributed by atoms with Gasteiger partial charge in [0.05, 0.1) is 22.0 Å². The lowest BCUT2D eigenvalue weighted by Gasteiger charge is -2.30. The summed E-state index contributed by atoms with van der Waals surface area (Å²) in [6, 6.07) is 9.93. The molecule has 2 aromatic carbocycles. The molecule has 0 bridgehead atoms. The lowest BCUT2D eigenvalue weighted by atomic mass is 10.1. The van der Waals surface area contributed by atoms with Crippen LogP contribution in [-0.2, 0) is 26.2 Å². The third-order valence-electron chi connectivity index (χ3n) is 6.15. The van der Waals surface area contributed by atoms with E-state index in [1.54, 1.807) is 25.1 Å². The van der Waals surface area contributed by atoms with Gasteiger partial charge in [-0.25, -0.2) is 8.42 Å². The van der Waals surface area contributed by atoms with Crippen LogP contribution in [0.4, 0.5) is 5.69 Å². The first-order valence-electron chi connectivity index (χ1n) is 12.3. The molecule has 204 valence electrons. The van der Waals surface area contributed by atoms with Crippen molar-refractivity contribution in [2.45, 2.75) is 72.5 Å². The summed E-state index contributed by atoms with van der Waals surface area (Å²) in [5, 5.41) is 3.69. The summed E-state index contributed by atoms with van der Waals surface area (Å²) in [6.07, 6.45) is 2.28. The minimum absolute atomic E-state index is 0.0296. The van der Waals surface area contributed by atoms with E-state index in [1.165, 1.54) is 9.21 Å². The molecule has 2 amide bonds. The maximum Gasteiger partial charge on any atom is 0.242 e. The molecule has 2 rings (SSSR count). The van der Waals surface area contributed by atoms with Crippen LogP contribution in [-0.4, -0.2) is 50.0 Å². The summed E-state index contributed by atoms with van der Waals surface area (Å²) in [6.45, 7) is 9.69. The van der Waals surface area contributed by atoms with Crippen LogP contribution < -0.4 is 9.62 Å². The zero-order valence-corrected chi connectivity index (χ0v) is 24.7. The number of aryl methyl sites for hydroxylation is 2. The van der Waals surface area contributed by atoms with Gasteiger partial charge >= 0.3 is 0 Å². The molecule has 0 unspecified atom stereocenters. The number of benzene rings is 2. The number of rotatable bonds is 12. The van der Waals surface area contributed by atoms with E-state index in [-0.39, 0.29) is 43.8 Å². The van der Waals surface area contributed by atoms with Gasteiger partial charge in [-0.15, -0.1) is 0 Å². The first-order chi connectivity index (χ1) is 17.2. The van der Waals surface area contributed by atoms with Crippen molar-refractivity contribution in [2.24, 2.45) is 0 Å². The molecule has 0 aliphatic carbocycles. The lowest BCUT2D eigenvalue weighted by Crippen LogP contribution is -2.49. The standard InChI is InChI=1S/C27H37Cl2N3O4S/c1-7-20(4)30-27(34)21(5)31(17-22-10-11-24(28)25(29)16-22)26(33)9-8-12-32(37(6,35)36)23-14-18(2)13-19(3)15-23/h10-11,13-16,20-21H,7-9,12,17H2,1-6H3,(H,30,34)/t20-,21-/m0/s1. The Morgan fingerprint density at radius 3 is 2.16 bits per heavy atom. The number of hydrogen-bond donors (Lipinski definition) is 1. The number of carbonyl (C=O) groups excluding carboxylic acids is 2. The molecule has 0 aliphatic heterocycles. The van der Waals surface area contributed by atoms with E-state index in [9.17, 15) is 18.0 Å². The van der Waals surface area contributed by atoms with Crippen molar-refractivity contribution in [1.82, 2.24) is 10.2 Å². The molecule has 2 atom stereocenters. The van der Waals surface area contributed by atoms with E-state index in [0.29, 0.717) is 15.7 Å². The van der Waals surface area contributed by atoms with Crippen molar-refractivity contribution >= 4 is 50.7 Å². The molecule has 2 aromatic rings. The lowest BCUT2D eigenvalue weighted by molar-refractivity contribution is -0.140. The molecule has 0 saturated heterocycles. The van der Waals surface area contributed by atoms with Crippen molar-refractivity contribution in [1.29, 1.82) is 0 Å². The Kier molecular flexibility index (Phi) is 11.3. The van der Waals surface area contributed by atoms with Crippen LogP contribution >= 0.6 is 23.2 Å². The van der Waals surface area contributed by atoms with Crippen molar-refractivity contribution in [3.8, 4) is 0 Å². The molecule has 0 saturated carbocycles. The highest BCUT2D eigenvalue weighted by atomic mass is 35.5. The van der Waals surface area contributed by atoms with E-state index in [4.69, 9.17) is 23.2 Å². The molecule has 0 aromatic heterocycles. The van der Waals surface area contributed by atoms with E-state index in [2.05, 4.69) is 5.32 Å². The highest BCUT2D eigenvalue weighted by Crippen LogP contribution is 2.25. The topological polar surface area (TPSA) is 86.8 Å². The molecule has 0 radical (unpaired) electrons. The quantitative estimate of drug-likeness (QED) is 0.366. The summed E-state index contributed by atoms with van der Waals surface area (Å²) < 4.78 is 26.4. The number of anilines is 1. The number of nitrogens with zero attached hydrogens (tertiary/aromatic N) is 2. The Bertz CT molecular complexity index is 1200. The van der Waals surface area contributed by atoms with Gasteiger partial charge in [0.15, 0.2) is 0 Å². The molecular weight excluding hydrogens is 533 g/mol. The third kappa shape index (κ3) is 9.20. The molecular formula is C27H37Cl2N3O4S. The Morgan fingerprint density at radius 2 is 1.62 bits per heavy atom. The van der Waals surface area contributed by atoms with Crippen molar-refractivity contribution < 1.29 is 18.0 Å². The molecule has 10 heteroatoms. The van der Waals surface area contributed by atoms with Crippen molar-refractivity contribution in [3.63, 3.8) is 0 Å². The highest BCUT2D eigenvalue weighted by Gasteiger charge is 2.27. The van der Waals surface area contributed by atoms with Gasteiger partial charge in [0.1, 0.15) is 6.04 Å². The van der Waals surface area contributed by atoms with E-state index in [0.717, 1.165) is 29.4 Å². The first-order valence-corrected chi connectivity index (χ1v) is 14.9. The molecule has 1 N–H and O–H groups in total. The monoisotopic (exact) mass is 569 g/mol. The van der Waals surface area contributed by atoms with E-state index in [1.807, 2.05) is 45.9 Å². The average Bonchev–Trinajstić information content (AvgIpc) is 2.80. The second-order valence-electron chi connectivity index (χ2n) is 9.55. The van der Waals surface area contributed by atoms with Gasteiger partial charge in [0.2, 0.25) is 21.8 Å². The van der Waals surface area contributed by atoms with Gasteiger partial charge in [-0.3, -0.25) is 13.9 Å². The smallest absolute Gasteiger partial charge is 0.242 e. The van der Waals surface area contributed by atoms with Crippen LogP contribution in [0.25, 0.3) is 0 Å². The van der Waals surface area contributed by atoms with Crippen LogP contribution in [0.3, 0.4) is 0 Å². The van der Waals surface area contributed by atoms with Gasteiger partial charge in [0, 0.05) is 25.6 Å². The normalized spacial score (nSPS) is 13.1. The number of halogens is 2. The van der Waals surface area contributed by atoms with Crippen molar-refractivity contribution in [2.75, 3.05) is 17.1 Å². The summed E-state index contributed by atoms with van der Waals surface area (Å²) in [5.74, 6) is -0.512. The summed E-state index contributed by atoms with van der Waals surface area (Å²) in [4.78, 5) is 27.8. The molecule has 0 spiro atoms. The van der Waals surface area contributed by atoms with Crippen molar-refractivity contribution in [3.05, 3.63) is 63.1 Å². The van der Waals surface area contributed by atoms with Gasteiger partial charge in [-0.05, 0) is 81.5 Å². The SMILES string of the molecule is CC[C@H](C)NC(=O)[C@H](C)N(Cc1ccc(Cl)c(Cl)c1)C(=O)CCCN(c1cc(C)cc(C)c1)S(C)(=O)=O. The fraction of sp³-hybridized carbons (Fsp3) is 0.481. The Labute approximate surface area is 231 Å². The zero-order chi connectivity index (χ0) is 27.9. The first kappa shape index (κ1) is 30.9. The Balaban J connectivity index is 2.23. The minimum Gasteiger partial charge on any atom is -0.352 e. The highest BCUT2D eigenvalue weighted by molar-refractivity contribution is 7.92. The predicted molar refractivity (Wildman–Crippen MR) is 152 cm³/mol. The molecule has 0 aliphatic rings. The van der Waals surface area contributed by atoms with Gasteiger partial charge in [0.25, 0.3) is 0 Å². The summed E-state index contributed by atoms with van der Waals surface area (Å²) >= 11 is 12.2. The molecule has 37 heavy (non-hydrogen) atoms. The van der Waals surface area contributed by atoms with Gasteiger partial charge in [-0.2, -0.15) is 0 Å². The fourth-order valence-electron chi connectivity index (χ4n) is 3.98. The van der Waals surface area contributed by atoms with Gasteiger partial charge in [-0.1, -0.05) is 42.3 Å². The van der Waals surface area contributed by atoms with E-state index < -0.39 is 16.1 Å². The Morgan fingerprint density at radius 1 is 1.00 bits per heavy atom. The molecule has 0 heterocycles. The fourth-order valence-corrected chi connectivity index (χ4v) is 5.25. The van der Waals surface area contributed by atoms with Crippen LogP contribution in [0, 0.1) is 13.8 Å². The van der Waals surface area contributed by atoms with Crippen LogP contribution in [0.2, 0.25) is 10.0 Å². The number of nitrogens with one attached hydrogen (secondary N) is 1. The Hall–Kier alpha value is -2.29. The van der Waals surface area contributed by atoms with Crippen LogP contribution in [0.5, 0.6) is 0 Å². The summed E-state index contributed by atoms with van der Waals surface area (Å²) in [7, 11) is -3.56. The van der Waals surface area contributed by atoms with Crippen LogP contribution in [0.15, 0.2) is 36.4 Å². The van der Waals surface area contributed by atoms with E-state index >= 15 is 0 Å². The van der Waals surface area contributed by atoms with Crippen LogP contribution in [0.1, 0.15) is 56.7 Å². The zero-order valence-electron chi connectivity index (χ0n) is 22.3. The average molecular weight is 571 g/mol. The molecule has 7 nitrogen and oxygen atoms in total. The number of carbonyl (C=O) groups is 2. The minimum atomic E-state index is -3.56. The maximum atomic E-state index is 13.4. The third-order valence-corrected chi connectivity index (χ3v) is 8.08. The number of sulfonamides is 1. The second-order valence-corrected chi connectivity index (χ2v) is 12.3. The number of amides is 2. The largest absolute Gasteiger partial charge is 0.352 e.